The van der Waals surface area contributed by atoms with Crippen LogP contribution in [-0.4, -0.2) is 15.1 Å². The number of hydrogen-bond acceptors (Lipinski definition) is 6. The predicted octanol–water partition coefficient (Wildman–Crippen LogP) is 5.14. The molecular formula is C18H14ClN3O2S. The molecular weight excluding hydrogens is 358 g/mol. The molecule has 126 valence electrons. The van der Waals surface area contributed by atoms with Gasteiger partial charge in [0.15, 0.2) is 12.4 Å². The number of nitrogens with zero attached hydrogens (tertiary/aromatic N) is 3. The smallest absolute Gasteiger partial charge is 0.225 e. The van der Waals surface area contributed by atoms with Crippen molar-refractivity contribution in [3.8, 4) is 17.1 Å². The molecule has 0 bridgehead atoms. The molecule has 0 atom stereocenters. The molecule has 0 amide bonds. The van der Waals surface area contributed by atoms with Crippen molar-refractivity contribution in [1.82, 2.24) is 15.1 Å². The minimum atomic E-state index is 0.254. The molecule has 0 saturated carbocycles. The van der Waals surface area contributed by atoms with Crippen molar-refractivity contribution in [2.75, 3.05) is 0 Å². The van der Waals surface area contributed by atoms with Crippen molar-refractivity contribution in [1.29, 1.82) is 0 Å². The molecule has 1 aromatic carbocycles. The summed E-state index contributed by atoms with van der Waals surface area (Å²) in [6, 6.07) is 11.4. The van der Waals surface area contributed by atoms with Crippen molar-refractivity contribution >= 4 is 33.2 Å². The Bertz CT molecular complexity index is 1010. The summed E-state index contributed by atoms with van der Waals surface area (Å²) in [6.07, 6.45) is 2.49. The van der Waals surface area contributed by atoms with Crippen LogP contribution >= 0.6 is 22.9 Å². The fourth-order valence-corrected chi connectivity index (χ4v) is 3.50. The molecule has 0 aliphatic rings. The second kappa shape index (κ2) is 6.82. The normalized spacial score (nSPS) is 11.1. The summed E-state index contributed by atoms with van der Waals surface area (Å²) in [4.78, 5) is 10.7. The number of fused-ring (bicyclic) bond motifs is 1. The summed E-state index contributed by atoms with van der Waals surface area (Å²) < 4.78 is 11.2. The zero-order chi connectivity index (χ0) is 17.2. The molecule has 4 aromatic rings. The first kappa shape index (κ1) is 16.1. The first-order valence-corrected chi connectivity index (χ1v) is 9.00. The molecule has 0 fully saturated rings. The summed E-state index contributed by atoms with van der Waals surface area (Å²) in [5.74, 6) is 1.19. The highest BCUT2D eigenvalue weighted by atomic mass is 35.5. The van der Waals surface area contributed by atoms with E-state index in [0.29, 0.717) is 16.7 Å². The molecule has 0 spiro atoms. The van der Waals surface area contributed by atoms with Gasteiger partial charge in [0.25, 0.3) is 0 Å². The first-order valence-electron chi connectivity index (χ1n) is 7.80. The molecule has 4 rings (SSSR count). The first-order chi connectivity index (χ1) is 12.2. The molecule has 0 aliphatic carbocycles. The molecule has 3 aromatic heterocycles. The van der Waals surface area contributed by atoms with E-state index >= 15 is 0 Å². The number of aryl methyl sites for hydroxylation is 1. The van der Waals surface area contributed by atoms with Crippen LogP contribution in [0.25, 0.3) is 21.5 Å². The Labute approximate surface area is 153 Å². The Hall–Kier alpha value is -2.44. The van der Waals surface area contributed by atoms with Gasteiger partial charge in [0, 0.05) is 21.5 Å². The monoisotopic (exact) mass is 371 g/mol. The van der Waals surface area contributed by atoms with Gasteiger partial charge in [-0.15, -0.1) is 11.3 Å². The lowest BCUT2D eigenvalue weighted by Crippen LogP contribution is -1.96. The molecule has 0 saturated heterocycles. The maximum atomic E-state index is 5.91. The molecule has 0 unspecified atom stereocenters. The van der Waals surface area contributed by atoms with E-state index in [9.17, 15) is 0 Å². The van der Waals surface area contributed by atoms with E-state index in [1.807, 2.05) is 30.3 Å². The van der Waals surface area contributed by atoms with E-state index in [4.69, 9.17) is 20.9 Å². The standard InChI is InChI=1S/C18H14ClN3O2S/c1-2-14-8-15-17(20-10-21-18(15)25-14)23-9-13-7-16(22-24-13)11-3-5-12(19)6-4-11/h3-8,10H,2,9H2,1H3. The Morgan fingerprint density at radius 1 is 1.16 bits per heavy atom. The number of ether oxygens (including phenoxy) is 1. The number of halogens is 1. The second-order valence-electron chi connectivity index (χ2n) is 5.44. The lowest BCUT2D eigenvalue weighted by Gasteiger charge is -2.02. The quantitative estimate of drug-likeness (QED) is 0.486. The predicted molar refractivity (Wildman–Crippen MR) is 98.1 cm³/mol. The zero-order valence-electron chi connectivity index (χ0n) is 13.4. The topological polar surface area (TPSA) is 61.0 Å². The summed E-state index contributed by atoms with van der Waals surface area (Å²) >= 11 is 7.56. The van der Waals surface area contributed by atoms with Crippen LogP contribution in [-0.2, 0) is 13.0 Å². The second-order valence-corrected chi connectivity index (χ2v) is 6.99. The number of benzene rings is 1. The van der Waals surface area contributed by atoms with E-state index in [2.05, 4.69) is 28.1 Å². The summed E-state index contributed by atoms with van der Waals surface area (Å²) in [5, 5.41) is 5.70. The molecule has 5 nitrogen and oxygen atoms in total. The number of aromatic nitrogens is 3. The van der Waals surface area contributed by atoms with E-state index in [1.54, 1.807) is 11.3 Å². The third-order valence-corrected chi connectivity index (χ3v) is 5.18. The minimum Gasteiger partial charge on any atom is -0.469 e. The van der Waals surface area contributed by atoms with Crippen LogP contribution in [0.2, 0.25) is 5.02 Å². The van der Waals surface area contributed by atoms with Crippen LogP contribution in [0.15, 0.2) is 47.2 Å². The van der Waals surface area contributed by atoms with Crippen molar-refractivity contribution < 1.29 is 9.26 Å². The van der Waals surface area contributed by atoms with Crippen LogP contribution in [0.3, 0.4) is 0 Å². The Morgan fingerprint density at radius 3 is 2.80 bits per heavy atom. The van der Waals surface area contributed by atoms with Gasteiger partial charge in [0.2, 0.25) is 5.88 Å². The van der Waals surface area contributed by atoms with E-state index in [1.165, 1.54) is 11.2 Å². The van der Waals surface area contributed by atoms with Crippen LogP contribution in [0.1, 0.15) is 17.6 Å². The lowest BCUT2D eigenvalue weighted by molar-refractivity contribution is 0.244. The van der Waals surface area contributed by atoms with Gasteiger partial charge in [0.1, 0.15) is 16.9 Å². The highest BCUT2D eigenvalue weighted by molar-refractivity contribution is 7.18. The highest BCUT2D eigenvalue weighted by Gasteiger charge is 2.12. The fourth-order valence-electron chi connectivity index (χ4n) is 2.45. The summed E-state index contributed by atoms with van der Waals surface area (Å²) in [7, 11) is 0. The third-order valence-electron chi connectivity index (χ3n) is 3.74. The molecule has 0 radical (unpaired) electrons. The van der Waals surface area contributed by atoms with Gasteiger partial charge in [-0.25, -0.2) is 9.97 Å². The van der Waals surface area contributed by atoms with Gasteiger partial charge in [-0.3, -0.25) is 0 Å². The third kappa shape index (κ3) is 3.36. The average Bonchev–Trinajstić information content (AvgIpc) is 3.27. The Kier molecular flexibility index (Phi) is 4.38. The van der Waals surface area contributed by atoms with Crippen LogP contribution in [0.4, 0.5) is 0 Å². The van der Waals surface area contributed by atoms with Crippen molar-refractivity contribution in [3.05, 3.63) is 58.4 Å². The molecule has 25 heavy (non-hydrogen) atoms. The summed E-state index contributed by atoms with van der Waals surface area (Å²) in [6.45, 7) is 2.37. The van der Waals surface area contributed by atoms with Gasteiger partial charge in [-0.1, -0.05) is 35.8 Å². The lowest BCUT2D eigenvalue weighted by atomic mass is 10.1. The highest BCUT2D eigenvalue weighted by Crippen LogP contribution is 2.30. The Balaban J connectivity index is 1.52. The minimum absolute atomic E-state index is 0.254. The average molecular weight is 372 g/mol. The van der Waals surface area contributed by atoms with Gasteiger partial charge >= 0.3 is 0 Å². The molecule has 7 heteroatoms. The number of thiophene rings is 1. The van der Waals surface area contributed by atoms with Gasteiger partial charge in [-0.2, -0.15) is 0 Å². The van der Waals surface area contributed by atoms with Crippen LogP contribution < -0.4 is 4.74 Å². The summed E-state index contributed by atoms with van der Waals surface area (Å²) in [5.41, 5.74) is 1.68. The van der Waals surface area contributed by atoms with Crippen LogP contribution in [0.5, 0.6) is 5.88 Å². The van der Waals surface area contributed by atoms with Crippen molar-refractivity contribution in [2.24, 2.45) is 0 Å². The van der Waals surface area contributed by atoms with E-state index in [0.717, 1.165) is 27.9 Å². The molecule has 0 aliphatic heterocycles. The maximum Gasteiger partial charge on any atom is 0.225 e. The van der Waals surface area contributed by atoms with Gasteiger partial charge in [0.05, 0.1) is 5.39 Å². The van der Waals surface area contributed by atoms with Crippen LogP contribution in [0, 0.1) is 0 Å². The van der Waals surface area contributed by atoms with Gasteiger partial charge in [-0.05, 0) is 24.6 Å². The fraction of sp³-hybridized carbons (Fsp3) is 0.167. The van der Waals surface area contributed by atoms with E-state index < -0.39 is 0 Å². The van der Waals surface area contributed by atoms with E-state index in [-0.39, 0.29) is 6.61 Å². The van der Waals surface area contributed by atoms with Gasteiger partial charge < -0.3 is 9.26 Å². The SMILES string of the molecule is CCc1cc2c(OCc3cc(-c4ccc(Cl)cc4)no3)ncnc2s1. The maximum absolute atomic E-state index is 5.91. The largest absolute Gasteiger partial charge is 0.469 e. The Morgan fingerprint density at radius 2 is 2.00 bits per heavy atom. The zero-order valence-corrected chi connectivity index (χ0v) is 15.0. The molecule has 3 heterocycles. The number of rotatable bonds is 5. The number of hydrogen-bond donors (Lipinski definition) is 0. The van der Waals surface area contributed by atoms with Crippen molar-refractivity contribution in [2.45, 2.75) is 20.0 Å². The molecule has 0 N–H and O–H groups in total. The van der Waals surface area contributed by atoms with Crippen molar-refractivity contribution in [3.63, 3.8) is 0 Å².